The molecule has 0 atom stereocenters. The van der Waals surface area contributed by atoms with Crippen LogP contribution in [0, 0.1) is 0 Å². The molecule has 0 heterocycles. The zero-order valence-electron chi connectivity index (χ0n) is 20.9. The van der Waals surface area contributed by atoms with E-state index in [4.69, 9.17) is 0 Å². The van der Waals surface area contributed by atoms with E-state index >= 15 is 0 Å². The second kappa shape index (κ2) is 7.16. The van der Waals surface area contributed by atoms with Crippen LogP contribution in [-0.2, 0) is 5.41 Å². The molecule has 0 saturated carbocycles. The third-order valence-corrected chi connectivity index (χ3v) is 12.5. The van der Waals surface area contributed by atoms with Crippen molar-refractivity contribution in [3.63, 3.8) is 0 Å². The minimum absolute atomic E-state index is 0.258. The number of rotatable bonds is 2. The Morgan fingerprint density at radius 3 is 1.47 bits per heavy atom. The average Bonchev–Trinajstić information content (AvgIpc) is 3.24. The normalized spacial score (nSPS) is 15.1. The third kappa shape index (κ3) is 2.93. The molecule has 0 nitrogen and oxygen atoms in total. The van der Waals surface area contributed by atoms with Crippen LogP contribution in [-0.4, -0.2) is 16.1 Å². The summed E-state index contributed by atoms with van der Waals surface area (Å²) in [5.41, 5.74) is 11.1. The first-order valence-corrected chi connectivity index (χ1v) is 20.0. The van der Waals surface area contributed by atoms with Crippen LogP contribution in [0.25, 0.3) is 22.3 Å². The third-order valence-electron chi connectivity index (χ3n) is 7.88. The molecule has 0 radical (unpaired) electrons. The number of hydrogen-bond acceptors (Lipinski definition) is 0. The van der Waals surface area contributed by atoms with Crippen molar-refractivity contribution < 1.29 is 0 Å². The molecule has 0 saturated heterocycles. The smallest absolute Gasteiger partial charge is 0.0656 e. The summed E-state index contributed by atoms with van der Waals surface area (Å²) in [4.78, 5) is 0. The number of halogens is 1. The van der Waals surface area contributed by atoms with Gasteiger partial charge in [0.25, 0.3) is 0 Å². The molecule has 0 bridgehead atoms. The van der Waals surface area contributed by atoms with Gasteiger partial charge in [0.2, 0.25) is 0 Å². The molecular formula is C31H31BrSi2. The number of hydrogen-bond donors (Lipinski definition) is 0. The van der Waals surface area contributed by atoms with Crippen LogP contribution >= 0.6 is 15.9 Å². The summed E-state index contributed by atoms with van der Waals surface area (Å²) in [6.45, 7) is 14.7. The second-order valence-corrected chi connectivity index (χ2v) is 23.1. The zero-order chi connectivity index (χ0) is 24.0. The Labute approximate surface area is 214 Å². The van der Waals surface area contributed by atoms with E-state index in [1.165, 1.54) is 54.9 Å². The molecule has 3 heteroatoms. The van der Waals surface area contributed by atoms with Crippen LogP contribution in [0.3, 0.4) is 0 Å². The molecule has 2 aliphatic rings. The van der Waals surface area contributed by atoms with E-state index in [1.54, 1.807) is 0 Å². The Hall–Kier alpha value is -2.21. The summed E-state index contributed by atoms with van der Waals surface area (Å²) in [6, 6.07) is 30.8. The fourth-order valence-electron chi connectivity index (χ4n) is 6.09. The van der Waals surface area contributed by atoms with E-state index in [0.29, 0.717) is 0 Å². The van der Waals surface area contributed by atoms with Gasteiger partial charge < -0.3 is 0 Å². The molecule has 6 rings (SSSR count). The van der Waals surface area contributed by atoms with Crippen LogP contribution in [0.5, 0.6) is 0 Å². The molecule has 0 fully saturated rings. The van der Waals surface area contributed by atoms with Crippen LogP contribution < -0.4 is 10.4 Å². The van der Waals surface area contributed by atoms with Gasteiger partial charge in [-0.25, -0.2) is 0 Å². The zero-order valence-corrected chi connectivity index (χ0v) is 24.5. The van der Waals surface area contributed by atoms with Crippen molar-refractivity contribution in [1.82, 2.24) is 0 Å². The van der Waals surface area contributed by atoms with E-state index in [-0.39, 0.29) is 5.41 Å². The van der Waals surface area contributed by atoms with Gasteiger partial charge in [-0.05, 0) is 56.6 Å². The summed E-state index contributed by atoms with van der Waals surface area (Å²) < 4.78 is 1.15. The van der Waals surface area contributed by atoms with Crippen molar-refractivity contribution >= 4 is 42.5 Å². The highest BCUT2D eigenvalue weighted by Gasteiger charge is 2.52. The van der Waals surface area contributed by atoms with Crippen molar-refractivity contribution in [2.75, 3.05) is 0 Å². The van der Waals surface area contributed by atoms with Crippen LogP contribution in [0.15, 0.2) is 83.3 Å². The van der Waals surface area contributed by atoms with Gasteiger partial charge in [0.05, 0.1) is 21.6 Å². The maximum absolute atomic E-state index is 3.83. The first kappa shape index (κ1) is 22.3. The lowest BCUT2D eigenvalue weighted by molar-refractivity contribution is 0.794. The van der Waals surface area contributed by atoms with E-state index in [1.807, 2.05) is 0 Å². The van der Waals surface area contributed by atoms with Gasteiger partial charge in [-0.15, -0.1) is 0 Å². The first-order chi connectivity index (χ1) is 16.0. The highest BCUT2D eigenvalue weighted by Crippen LogP contribution is 2.62. The van der Waals surface area contributed by atoms with Crippen molar-refractivity contribution in [1.29, 1.82) is 0 Å². The van der Waals surface area contributed by atoms with E-state index < -0.39 is 16.1 Å². The maximum atomic E-state index is 3.83. The highest BCUT2D eigenvalue weighted by atomic mass is 79.9. The van der Waals surface area contributed by atoms with Crippen molar-refractivity contribution in [2.45, 2.75) is 44.7 Å². The SMILES string of the molecule is C[Si](C)(C)c1ccc2c(c1)C1(c3ccccc3-c3ccc(Br)cc31)c1cc([Si](C)(C)C)ccc1-2. The lowest BCUT2D eigenvalue weighted by Gasteiger charge is -2.32. The molecule has 4 aromatic rings. The highest BCUT2D eigenvalue weighted by molar-refractivity contribution is 9.10. The largest absolute Gasteiger partial charge is 0.0776 e. The topological polar surface area (TPSA) is 0 Å². The minimum Gasteiger partial charge on any atom is -0.0656 e. The monoisotopic (exact) mass is 538 g/mol. The van der Waals surface area contributed by atoms with E-state index in [0.717, 1.165) is 4.47 Å². The Morgan fingerprint density at radius 2 is 0.941 bits per heavy atom. The molecule has 0 N–H and O–H groups in total. The maximum Gasteiger partial charge on any atom is 0.0776 e. The first-order valence-electron chi connectivity index (χ1n) is 12.2. The molecule has 2 aliphatic carbocycles. The molecule has 0 aliphatic heterocycles. The predicted octanol–water partition coefficient (Wildman–Crippen LogP) is 7.88. The van der Waals surface area contributed by atoms with Gasteiger partial charge in [-0.2, -0.15) is 0 Å². The molecular weight excluding hydrogens is 508 g/mol. The molecule has 0 aromatic heterocycles. The summed E-state index contributed by atoms with van der Waals surface area (Å²) in [5, 5.41) is 3.06. The Bertz CT molecular complexity index is 1420. The quantitative estimate of drug-likeness (QED) is 0.196. The van der Waals surface area contributed by atoms with E-state index in [2.05, 4.69) is 134 Å². The lowest BCUT2D eigenvalue weighted by Crippen LogP contribution is -2.40. The summed E-state index contributed by atoms with van der Waals surface area (Å²) in [7, 11) is -2.97. The fourth-order valence-corrected chi connectivity index (χ4v) is 8.77. The second-order valence-electron chi connectivity index (χ2n) is 12.0. The van der Waals surface area contributed by atoms with E-state index in [9.17, 15) is 0 Å². The van der Waals surface area contributed by atoms with Gasteiger partial charge in [0.15, 0.2) is 0 Å². The van der Waals surface area contributed by atoms with Crippen LogP contribution in [0.1, 0.15) is 22.3 Å². The molecule has 170 valence electrons. The van der Waals surface area contributed by atoms with Crippen molar-refractivity contribution in [3.8, 4) is 22.3 Å². The molecule has 1 spiro atoms. The molecule has 0 amide bonds. The number of fused-ring (bicyclic) bond motifs is 10. The van der Waals surface area contributed by atoms with Crippen molar-refractivity contribution in [3.05, 3.63) is 106 Å². The Kier molecular flexibility index (Phi) is 4.69. The Morgan fingerprint density at radius 1 is 0.500 bits per heavy atom. The predicted molar refractivity (Wildman–Crippen MR) is 156 cm³/mol. The van der Waals surface area contributed by atoms with Crippen LogP contribution in [0.2, 0.25) is 39.3 Å². The van der Waals surface area contributed by atoms with Gasteiger partial charge in [-0.1, -0.05) is 132 Å². The molecule has 34 heavy (non-hydrogen) atoms. The Balaban J connectivity index is 1.82. The standard InChI is InChI=1S/C31H31BrSi2/c1-33(2,3)21-12-15-25-26-16-13-22(34(4,5)6)19-30(26)31(29(25)18-21)27-10-8-7-9-23(27)24-14-11-20(32)17-28(24)31/h7-19H,1-6H3. The van der Waals surface area contributed by atoms with Crippen LogP contribution in [0.4, 0.5) is 0 Å². The van der Waals surface area contributed by atoms with Gasteiger partial charge >= 0.3 is 0 Å². The van der Waals surface area contributed by atoms with Gasteiger partial charge in [0.1, 0.15) is 0 Å². The molecule has 0 unspecified atom stereocenters. The summed E-state index contributed by atoms with van der Waals surface area (Å²) in [5.74, 6) is 0. The fraction of sp³-hybridized carbons (Fsp3) is 0.226. The van der Waals surface area contributed by atoms with Crippen molar-refractivity contribution in [2.24, 2.45) is 0 Å². The number of benzene rings is 4. The summed E-state index contributed by atoms with van der Waals surface area (Å²) >= 11 is 3.83. The summed E-state index contributed by atoms with van der Waals surface area (Å²) in [6.07, 6.45) is 0. The lowest BCUT2D eigenvalue weighted by atomic mass is 9.70. The average molecular weight is 540 g/mol. The molecule has 4 aromatic carbocycles. The minimum atomic E-state index is -1.48. The van der Waals surface area contributed by atoms with Gasteiger partial charge in [-0.3, -0.25) is 0 Å². The van der Waals surface area contributed by atoms with Gasteiger partial charge in [0, 0.05) is 4.47 Å².